The number of ketones is 1. The van der Waals surface area contributed by atoms with Crippen LogP contribution >= 0.6 is 11.8 Å². The summed E-state index contributed by atoms with van der Waals surface area (Å²) >= 11 is 1.25. The van der Waals surface area contributed by atoms with Gasteiger partial charge >= 0.3 is 0 Å². The van der Waals surface area contributed by atoms with Crippen molar-refractivity contribution in [3.8, 4) is 0 Å². The van der Waals surface area contributed by atoms with Crippen molar-refractivity contribution >= 4 is 23.2 Å². The molecule has 0 radical (unpaired) electrons. The lowest BCUT2D eigenvalue weighted by molar-refractivity contribution is -0.387. The molecule has 0 aliphatic carbocycles. The second kappa shape index (κ2) is 5.23. The number of nitro benzene ring substituents is 1. The highest BCUT2D eigenvalue weighted by atomic mass is 32.2. The van der Waals surface area contributed by atoms with Gasteiger partial charge in [-0.15, -0.1) is 0 Å². The minimum atomic E-state index is -0.481. The minimum Gasteiger partial charge on any atom is -0.295 e. The van der Waals surface area contributed by atoms with Gasteiger partial charge in [-0.25, -0.2) is 0 Å². The van der Waals surface area contributed by atoms with E-state index in [4.69, 9.17) is 0 Å². The predicted octanol–water partition coefficient (Wildman–Crippen LogP) is 2.68. The maximum Gasteiger partial charge on any atom is 0.283 e. The molecule has 0 N–H and O–H groups in total. The van der Waals surface area contributed by atoms with E-state index >= 15 is 0 Å². The summed E-state index contributed by atoms with van der Waals surface area (Å²) in [6.45, 7) is 1.38. The first kappa shape index (κ1) is 13.3. The monoisotopic (exact) mass is 277 g/mol. The Morgan fingerprint density at radius 3 is 2.74 bits per heavy atom. The van der Waals surface area contributed by atoms with Crippen LogP contribution in [0.1, 0.15) is 17.3 Å². The summed E-state index contributed by atoms with van der Waals surface area (Å²) in [7, 11) is 1.78. The predicted molar refractivity (Wildman–Crippen MR) is 70.4 cm³/mol. The van der Waals surface area contributed by atoms with Crippen molar-refractivity contribution in [3.63, 3.8) is 0 Å². The van der Waals surface area contributed by atoms with Gasteiger partial charge in [0.2, 0.25) is 0 Å². The van der Waals surface area contributed by atoms with Crippen LogP contribution in [0.5, 0.6) is 0 Å². The molecule has 0 atom stereocenters. The largest absolute Gasteiger partial charge is 0.295 e. The molecule has 19 heavy (non-hydrogen) atoms. The van der Waals surface area contributed by atoms with E-state index in [1.54, 1.807) is 36.3 Å². The first-order valence-electron chi connectivity index (χ1n) is 5.43. The van der Waals surface area contributed by atoms with Crippen molar-refractivity contribution in [3.05, 3.63) is 46.3 Å². The van der Waals surface area contributed by atoms with Gasteiger partial charge in [0, 0.05) is 24.9 Å². The van der Waals surface area contributed by atoms with Crippen LogP contribution in [-0.4, -0.2) is 20.5 Å². The number of carbonyl (C=O) groups is 1. The van der Waals surface area contributed by atoms with Crippen molar-refractivity contribution in [2.75, 3.05) is 0 Å². The van der Waals surface area contributed by atoms with Crippen LogP contribution in [0.4, 0.5) is 5.69 Å². The summed E-state index contributed by atoms with van der Waals surface area (Å²) in [5.74, 6) is -0.193. The third kappa shape index (κ3) is 3.00. The third-order valence-corrected chi connectivity index (χ3v) is 3.48. The fourth-order valence-corrected chi connectivity index (χ4v) is 2.48. The van der Waals surface area contributed by atoms with E-state index in [-0.39, 0.29) is 11.5 Å². The molecule has 0 saturated heterocycles. The summed E-state index contributed by atoms with van der Waals surface area (Å²) in [6.07, 6.45) is 3.40. The van der Waals surface area contributed by atoms with E-state index in [1.807, 2.05) is 0 Å². The smallest absolute Gasteiger partial charge is 0.283 e. The molecule has 1 aromatic carbocycles. The quantitative estimate of drug-likeness (QED) is 0.487. The Bertz CT molecular complexity index is 651. The van der Waals surface area contributed by atoms with Crippen LogP contribution in [-0.2, 0) is 7.05 Å². The lowest BCUT2D eigenvalue weighted by Crippen LogP contribution is -1.96. The molecule has 1 heterocycles. The normalized spacial score (nSPS) is 10.4. The van der Waals surface area contributed by atoms with Gasteiger partial charge < -0.3 is 0 Å². The molecule has 0 bridgehead atoms. The van der Waals surface area contributed by atoms with Gasteiger partial charge in [-0.05, 0) is 19.1 Å². The van der Waals surface area contributed by atoms with Crippen molar-refractivity contribution < 1.29 is 9.72 Å². The highest BCUT2D eigenvalue weighted by Crippen LogP contribution is 2.35. The number of Topliss-reactive ketones (excluding diaryl/α,β-unsaturated/α-hetero) is 1. The zero-order chi connectivity index (χ0) is 14.0. The second-order valence-electron chi connectivity index (χ2n) is 3.95. The maximum absolute atomic E-state index is 11.3. The molecule has 0 amide bonds. The van der Waals surface area contributed by atoms with Crippen molar-refractivity contribution in [1.82, 2.24) is 9.78 Å². The van der Waals surface area contributed by atoms with Gasteiger partial charge in [-0.1, -0.05) is 11.8 Å². The molecule has 2 rings (SSSR count). The summed E-state index contributed by atoms with van der Waals surface area (Å²) in [5, 5.41) is 15.1. The molecule has 7 heteroatoms. The summed E-state index contributed by atoms with van der Waals surface area (Å²) in [6, 6.07) is 4.49. The van der Waals surface area contributed by atoms with E-state index in [1.165, 1.54) is 24.8 Å². The zero-order valence-electron chi connectivity index (χ0n) is 10.4. The SMILES string of the molecule is CC(=O)c1ccc(Sc2cnn(C)c2)c([N+](=O)[O-])c1. The Hall–Kier alpha value is -2.15. The molecule has 0 saturated carbocycles. The number of benzene rings is 1. The Kier molecular flexibility index (Phi) is 3.66. The number of nitro groups is 1. The fraction of sp³-hybridized carbons (Fsp3) is 0.167. The highest BCUT2D eigenvalue weighted by molar-refractivity contribution is 7.99. The van der Waals surface area contributed by atoms with E-state index in [0.717, 1.165) is 4.90 Å². The van der Waals surface area contributed by atoms with Crippen molar-refractivity contribution in [2.24, 2.45) is 7.05 Å². The highest BCUT2D eigenvalue weighted by Gasteiger charge is 2.17. The number of hydrogen-bond donors (Lipinski definition) is 0. The van der Waals surface area contributed by atoms with Crippen LogP contribution in [0.3, 0.4) is 0 Å². The van der Waals surface area contributed by atoms with Crippen LogP contribution in [0.2, 0.25) is 0 Å². The van der Waals surface area contributed by atoms with E-state index in [2.05, 4.69) is 5.10 Å². The average Bonchev–Trinajstić information content (AvgIpc) is 2.74. The Labute approximate surface area is 113 Å². The molecular weight excluding hydrogens is 266 g/mol. The van der Waals surface area contributed by atoms with Crippen LogP contribution in [0, 0.1) is 10.1 Å². The van der Waals surface area contributed by atoms with Gasteiger partial charge in [-0.2, -0.15) is 5.10 Å². The fourth-order valence-electron chi connectivity index (χ4n) is 1.54. The number of aromatic nitrogens is 2. The molecule has 98 valence electrons. The van der Waals surface area contributed by atoms with Gasteiger partial charge in [0.1, 0.15) is 0 Å². The summed E-state index contributed by atoms with van der Waals surface area (Å²) in [4.78, 5) is 23.1. The van der Waals surface area contributed by atoms with Crippen LogP contribution in [0.25, 0.3) is 0 Å². The molecule has 0 aliphatic rings. The van der Waals surface area contributed by atoms with Gasteiger partial charge in [0.05, 0.1) is 20.9 Å². The molecule has 1 aromatic heterocycles. The van der Waals surface area contributed by atoms with Gasteiger partial charge in [-0.3, -0.25) is 19.6 Å². The summed E-state index contributed by atoms with van der Waals surface area (Å²) in [5.41, 5.74) is 0.267. The third-order valence-electron chi connectivity index (χ3n) is 2.47. The first-order chi connectivity index (χ1) is 8.97. The molecule has 0 spiro atoms. The van der Waals surface area contributed by atoms with Gasteiger partial charge in [0.25, 0.3) is 5.69 Å². The molecule has 2 aromatic rings. The number of hydrogen-bond acceptors (Lipinski definition) is 5. The Morgan fingerprint density at radius 2 is 2.21 bits per heavy atom. The number of carbonyl (C=O) groups excluding carboxylic acids is 1. The van der Waals surface area contributed by atoms with E-state index in [9.17, 15) is 14.9 Å². The number of nitrogens with zero attached hydrogens (tertiary/aromatic N) is 3. The lowest BCUT2D eigenvalue weighted by Gasteiger charge is -2.02. The molecular formula is C12H11N3O3S. The van der Waals surface area contributed by atoms with E-state index in [0.29, 0.717) is 10.5 Å². The minimum absolute atomic E-state index is 0.0680. The molecule has 0 fully saturated rings. The van der Waals surface area contributed by atoms with Gasteiger partial charge in [0.15, 0.2) is 5.78 Å². The second-order valence-corrected chi connectivity index (χ2v) is 5.06. The summed E-state index contributed by atoms with van der Waals surface area (Å²) < 4.78 is 1.62. The molecule has 0 aliphatic heterocycles. The maximum atomic E-state index is 11.3. The zero-order valence-corrected chi connectivity index (χ0v) is 11.2. The Balaban J connectivity index is 2.39. The number of rotatable bonds is 4. The van der Waals surface area contributed by atoms with E-state index < -0.39 is 4.92 Å². The van der Waals surface area contributed by atoms with Crippen LogP contribution in [0.15, 0.2) is 40.4 Å². The van der Waals surface area contributed by atoms with Crippen molar-refractivity contribution in [2.45, 2.75) is 16.7 Å². The topological polar surface area (TPSA) is 78.0 Å². The molecule has 6 nitrogen and oxygen atoms in total. The molecule has 0 unspecified atom stereocenters. The van der Waals surface area contributed by atoms with Crippen molar-refractivity contribution in [1.29, 1.82) is 0 Å². The standard InChI is InChI=1S/C12H11N3O3S/c1-8(16)9-3-4-12(11(5-9)15(17)18)19-10-6-13-14(2)7-10/h3-7H,1-2H3. The Morgan fingerprint density at radius 1 is 1.47 bits per heavy atom. The number of aryl methyl sites for hydroxylation is 1. The average molecular weight is 277 g/mol. The lowest BCUT2D eigenvalue weighted by atomic mass is 10.1. The first-order valence-corrected chi connectivity index (χ1v) is 6.25. The van der Waals surface area contributed by atoms with Crippen LogP contribution < -0.4 is 0 Å².